The van der Waals surface area contributed by atoms with Gasteiger partial charge in [-0.15, -0.1) is 0 Å². The van der Waals surface area contributed by atoms with Crippen LogP contribution in [-0.2, 0) is 9.47 Å². The van der Waals surface area contributed by atoms with Gasteiger partial charge in [-0.1, -0.05) is 19.1 Å². The molecule has 1 N–H and O–H groups in total. The van der Waals surface area contributed by atoms with Crippen LogP contribution in [0.2, 0.25) is 0 Å². The van der Waals surface area contributed by atoms with Crippen molar-refractivity contribution in [3.63, 3.8) is 0 Å². The summed E-state index contributed by atoms with van der Waals surface area (Å²) in [4.78, 5) is 0. The average Bonchev–Trinajstić information content (AvgIpc) is 2.54. The Hall–Kier alpha value is -0.380. The van der Waals surface area contributed by atoms with E-state index in [1.54, 1.807) is 0 Å². The van der Waals surface area contributed by atoms with Crippen LogP contribution >= 0.6 is 0 Å². The molecular formula is C10H16O3. The van der Waals surface area contributed by atoms with Crippen molar-refractivity contribution in [1.29, 1.82) is 0 Å². The Bertz CT molecular complexity index is 226. The maximum atomic E-state index is 8.73. The molecule has 0 saturated carbocycles. The molecule has 1 fully saturated rings. The minimum absolute atomic E-state index is 0.0160. The van der Waals surface area contributed by atoms with Gasteiger partial charge in [-0.2, -0.15) is 0 Å². The first kappa shape index (κ1) is 9.19. The number of ether oxygens (including phenoxy) is 2. The van der Waals surface area contributed by atoms with Gasteiger partial charge in [0.05, 0.1) is 19.8 Å². The van der Waals surface area contributed by atoms with Crippen LogP contribution in [0, 0.1) is 5.41 Å². The molecule has 1 aliphatic heterocycles. The summed E-state index contributed by atoms with van der Waals surface area (Å²) in [6.07, 6.45) is 6.10. The summed E-state index contributed by atoms with van der Waals surface area (Å²) in [6.45, 7) is 3.33. The molecule has 1 aliphatic carbocycles. The standard InChI is InChI=1S/C10H16O3/c1-9-3-2-4-10(9,12-7-5-9)13-8-6-11/h2-3,11H,4-8H2,1H3. The van der Waals surface area contributed by atoms with Gasteiger partial charge in [0.15, 0.2) is 5.79 Å². The van der Waals surface area contributed by atoms with Crippen LogP contribution in [0.15, 0.2) is 12.2 Å². The summed E-state index contributed by atoms with van der Waals surface area (Å²) in [5, 5.41) is 8.73. The summed E-state index contributed by atoms with van der Waals surface area (Å²) in [5.41, 5.74) is 0.0160. The molecule has 0 spiro atoms. The van der Waals surface area contributed by atoms with Gasteiger partial charge in [-0.3, -0.25) is 0 Å². The van der Waals surface area contributed by atoms with Gasteiger partial charge in [0.2, 0.25) is 0 Å². The van der Waals surface area contributed by atoms with Crippen molar-refractivity contribution in [1.82, 2.24) is 0 Å². The average molecular weight is 184 g/mol. The monoisotopic (exact) mass is 184 g/mol. The molecule has 2 unspecified atom stereocenters. The fourth-order valence-electron chi connectivity index (χ4n) is 2.24. The highest BCUT2D eigenvalue weighted by Crippen LogP contribution is 2.51. The van der Waals surface area contributed by atoms with Crippen molar-refractivity contribution in [3.8, 4) is 0 Å². The highest BCUT2D eigenvalue weighted by Gasteiger charge is 2.55. The topological polar surface area (TPSA) is 38.7 Å². The van der Waals surface area contributed by atoms with E-state index in [9.17, 15) is 0 Å². The number of rotatable bonds is 3. The third-order valence-electron chi connectivity index (χ3n) is 3.13. The number of fused-ring (bicyclic) bond motifs is 1. The number of hydrogen-bond donors (Lipinski definition) is 1. The van der Waals surface area contributed by atoms with E-state index in [4.69, 9.17) is 14.6 Å². The molecule has 2 rings (SSSR count). The third-order valence-corrected chi connectivity index (χ3v) is 3.13. The molecule has 74 valence electrons. The Labute approximate surface area is 78.3 Å². The summed E-state index contributed by atoms with van der Waals surface area (Å²) >= 11 is 0. The first-order valence-corrected chi connectivity index (χ1v) is 4.79. The lowest BCUT2D eigenvalue weighted by atomic mass is 9.83. The molecular weight excluding hydrogens is 168 g/mol. The van der Waals surface area contributed by atoms with Gasteiger partial charge in [0.25, 0.3) is 0 Å². The van der Waals surface area contributed by atoms with E-state index in [0.29, 0.717) is 6.61 Å². The van der Waals surface area contributed by atoms with Gasteiger partial charge in [-0.05, 0) is 6.42 Å². The van der Waals surface area contributed by atoms with E-state index in [1.165, 1.54) is 0 Å². The largest absolute Gasteiger partial charge is 0.394 e. The van der Waals surface area contributed by atoms with Gasteiger partial charge < -0.3 is 14.6 Å². The Morgan fingerprint density at radius 2 is 2.46 bits per heavy atom. The minimum Gasteiger partial charge on any atom is -0.394 e. The van der Waals surface area contributed by atoms with E-state index >= 15 is 0 Å². The molecule has 0 aromatic carbocycles. The molecule has 0 aromatic rings. The highest BCUT2D eigenvalue weighted by atomic mass is 16.7. The third kappa shape index (κ3) is 1.23. The van der Waals surface area contributed by atoms with Crippen molar-refractivity contribution in [3.05, 3.63) is 12.2 Å². The van der Waals surface area contributed by atoms with Crippen LogP contribution in [0.5, 0.6) is 0 Å². The summed E-state index contributed by atoms with van der Waals surface area (Å²) in [7, 11) is 0. The Balaban J connectivity index is 2.12. The van der Waals surface area contributed by atoms with Crippen molar-refractivity contribution in [2.75, 3.05) is 19.8 Å². The second-order valence-corrected chi connectivity index (χ2v) is 3.95. The van der Waals surface area contributed by atoms with E-state index in [2.05, 4.69) is 19.1 Å². The predicted molar refractivity (Wildman–Crippen MR) is 48.2 cm³/mol. The quantitative estimate of drug-likeness (QED) is 0.667. The van der Waals surface area contributed by atoms with Crippen LogP contribution in [0.3, 0.4) is 0 Å². The molecule has 1 heterocycles. The SMILES string of the molecule is CC12C=CCC1(OCCO)OCC2. The second-order valence-electron chi connectivity index (χ2n) is 3.95. The number of hydrogen-bond acceptors (Lipinski definition) is 3. The summed E-state index contributed by atoms with van der Waals surface area (Å²) in [5.74, 6) is -0.476. The van der Waals surface area contributed by atoms with Gasteiger partial charge >= 0.3 is 0 Å². The normalized spacial score (nSPS) is 42.6. The Kier molecular flexibility index (Phi) is 2.18. The van der Waals surface area contributed by atoms with E-state index in [1.807, 2.05) is 0 Å². The smallest absolute Gasteiger partial charge is 0.180 e. The highest BCUT2D eigenvalue weighted by molar-refractivity contribution is 5.17. The lowest BCUT2D eigenvalue weighted by molar-refractivity contribution is -0.241. The van der Waals surface area contributed by atoms with E-state index in [0.717, 1.165) is 19.4 Å². The summed E-state index contributed by atoms with van der Waals surface area (Å²) in [6, 6.07) is 0. The second kappa shape index (κ2) is 3.08. The lowest BCUT2D eigenvalue weighted by Crippen LogP contribution is -2.42. The molecule has 3 nitrogen and oxygen atoms in total. The molecule has 2 aliphatic rings. The van der Waals surface area contributed by atoms with Gasteiger partial charge in [0.1, 0.15) is 0 Å². The van der Waals surface area contributed by atoms with Crippen LogP contribution in [0.25, 0.3) is 0 Å². The van der Waals surface area contributed by atoms with Gasteiger partial charge in [-0.25, -0.2) is 0 Å². The molecule has 2 atom stereocenters. The zero-order valence-corrected chi connectivity index (χ0v) is 7.95. The fourth-order valence-corrected chi connectivity index (χ4v) is 2.24. The predicted octanol–water partition coefficient (Wildman–Crippen LogP) is 1.08. The molecule has 3 heteroatoms. The van der Waals surface area contributed by atoms with Crippen LogP contribution in [0.1, 0.15) is 19.8 Å². The fraction of sp³-hybridized carbons (Fsp3) is 0.800. The molecule has 0 amide bonds. The number of aliphatic hydroxyl groups excluding tert-OH is 1. The van der Waals surface area contributed by atoms with Crippen LogP contribution in [-0.4, -0.2) is 30.7 Å². The van der Waals surface area contributed by atoms with Crippen molar-refractivity contribution < 1.29 is 14.6 Å². The van der Waals surface area contributed by atoms with Crippen molar-refractivity contribution in [2.24, 2.45) is 5.41 Å². The van der Waals surface area contributed by atoms with E-state index < -0.39 is 5.79 Å². The molecule has 0 bridgehead atoms. The van der Waals surface area contributed by atoms with Crippen molar-refractivity contribution >= 4 is 0 Å². The molecule has 1 saturated heterocycles. The van der Waals surface area contributed by atoms with Crippen LogP contribution < -0.4 is 0 Å². The van der Waals surface area contributed by atoms with Crippen molar-refractivity contribution in [2.45, 2.75) is 25.6 Å². The first-order chi connectivity index (χ1) is 6.22. The molecule has 0 aromatic heterocycles. The Morgan fingerprint density at radius 3 is 3.23 bits per heavy atom. The maximum absolute atomic E-state index is 8.73. The number of aliphatic hydroxyl groups is 1. The van der Waals surface area contributed by atoms with E-state index in [-0.39, 0.29) is 12.0 Å². The Morgan fingerprint density at radius 1 is 1.62 bits per heavy atom. The lowest BCUT2D eigenvalue weighted by Gasteiger charge is -2.35. The van der Waals surface area contributed by atoms with Gasteiger partial charge in [0, 0.05) is 11.8 Å². The molecule has 0 radical (unpaired) electrons. The molecule has 13 heavy (non-hydrogen) atoms. The maximum Gasteiger partial charge on any atom is 0.180 e. The summed E-state index contributed by atoms with van der Waals surface area (Å²) < 4.78 is 11.3. The minimum atomic E-state index is -0.476. The first-order valence-electron chi connectivity index (χ1n) is 4.79. The zero-order valence-electron chi connectivity index (χ0n) is 7.95. The van der Waals surface area contributed by atoms with Crippen LogP contribution in [0.4, 0.5) is 0 Å². The zero-order chi connectivity index (χ0) is 9.36.